The van der Waals surface area contributed by atoms with E-state index >= 15 is 0 Å². The lowest BCUT2D eigenvalue weighted by atomic mass is 9.85. The van der Waals surface area contributed by atoms with Crippen LogP contribution < -0.4 is 10.2 Å². The third-order valence-corrected chi connectivity index (χ3v) is 5.07. The lowest BCUT2D eigenvalue weighted by Crippen LogP contribution is -2.48. The summed E-state index contributed by atoms with van der Waals surface area (Å²) in [7, 11) is 0. The second-order valence-electron chi connectivity index (χ2n) is 6.71. The van der Waals surface area contributed by atoms with Gasteiger partial charge in [0.1, 0.15) is 0 Å². The summed E-state index contributed by atoms with van der Waals surface area (Å²) in [4.78, 5) is 23.4. The first kappa shape index (κ1) is 15.3. The molecule has 5 heteroatoms. The number of anilines is 1. The Morgan fingerprint density at radius 1 is 1.18 bits per heavy atom. The highest BCUT2D eigenvalue weighted by Crippen LogP contribution is 2.25. The van der Waals surface area contributed by atoms with Crippen molar-refractivity contribution >= 4 is 11.9 Å². The van der Waals surface area contributed by atoms with E-state index in [1.54, 1.807) is 12.4 Å². The van der Waals surface area contributed by atoms with Gasteiger partial charge < -0.3 is 10.2 Å². The molecule has 0 aromatic carbocycles. The average Bonchev–Trinajstić information content (AvgIpc) is 2.58. The van der Waals surface area contributed by atoms with Crippen molar-refractivity contribution in [2.75, 3.05) is 18.0 Å². The first-order valence-corrected chi connectivity index (χ1v) is 8.56. The van der Waals surface area contributed by atoms with Gasteiger partial charge in [-0.1, -0.05) is 19.8 Å². The van der Waals surface area contributed by atoms with E-state index in [-0.39, 0.29) is 11.8 Å². The number of amides is 1. The van der Waals surface area contributed by atoms with E-state index in [0.29, 0.717) is 12.0 Å². The van der Waals surface area contributed by atoms with Crippen LogP contribution in [0.15, 0.2) is 18.5 Å². The Morgan fingerprint density at radius 2 is 1.95 bits per heavy atom. The fraction of sp³-hybridized carbons (Fsp3) is 0.706. The van der Waals surface area contributed by atoms with Crippen LogP contribution >= 0.6 is 0 Å². The van der Waals surface area contributed by atoms with Crippen molar-refractivity contribution in [2.24, 2.45) is 11.8 Å². The van der Waals surface area contributed by atoms with Crippen molar-refractivity contribution in [3.05, 3.63) is 18.5 Å². The van der Waals surface area contributed by atoms with Crippen LogP contribution in [0.5, 0.6) is 0 Å². The van der Waals surface area contributed by atoms with Crippen molar-refractivity contribution in [1.29, 1.82) is 0 Å². The van der Waals surface area contributed by atoms with Gasteiger partial charge in [0.25, 0.3) is 0 Å². The van der Waals surface area contributed by atoms with E-state index in [4.69, 9.17) is 0 Å². The Labute approximate surface area is 132 Å². The second kappa shape index (κ2) is 7.07. The highest BCUT2D eigenvalue weighted by Gasteiger charge is 2.30. The summed E-state index contributed by atoms with van der Waals surface area (Å²) in [5, 5.41) is 3.30. The van der Waals surface area contributed by atoms with Crippen LogP contribution in [-0.2, 0) is 4.79 Å². The maximum Gasteiger partial charge on any atom is 0.225 e. The zero-order chi connectivity index (χ0) is 15.4. The number of nitrogens with zero attached hydrogens (tertiary/aromatic N) is 3. The highest BCUT2D eigenvalue weighted by molar-refractivity contribution is 5.79. The van der Waals surface area contributed by atoms with Gasteiger partial charge >= 0.3 is 0 Å². The number of aromatic nitrogens is 2. The molecule has 1 aromatic heterocycles. The molecule has 0 radical (unpaired) electrons. The number of piperidine rings is 1. The number of hydrogen-bond acceptors (Lipinski definition) is 4. The smallest absolute Gasteiger partial charge is 0.225 e. The molecule has 2 heterocycles. The Balaban J connectivity index is 1.58. The standard InChI is InChI=1S/C17H26N4O/c1-13-6-2-3-8-15(13)20-16(22)14-7-4-11-21(12-14)17-18-9-5-10-19-17/h5,9-10,13-15H,2-4,6-8,11-12H2,1H3,(H,20,22)/t13-,14+,15-/m0/s1. The lowest BCUT2D eigenvalue weighted by Gasteiger charge is -2.35. The average molecular weight is 302 g/mol. The van der Waals surface area contributed by atoms with Crippen molar-refractivity contribution in [3.8, 4) is 0 Å². The van der Waals surface area contributed by atoms with Gasteiger partial charge in [-0.2, -0.15) is 0 Å². The number of carbonyl (C=O) groups is 1. The summed E-state index contributed by atoms with van der Waals surface area (Å²) in [6, 6.07) is 2.19. The maximum absolute atomic E-state index is 12.6. The zero-order valence-electron chi connectivity index (χ0n) is 13.4. The van der Waals surface area contributed by atoms with Gasteiger partial charge in [-0.25, -0.2) is 9.97 Å². The van der Waals surface area contributed by atoms with Crippen LogP contribution in [0.3, 0.4) is 0 Å². The predicted octanol–water partition coefficient (Wildman–Crippen LogP) is 2.39. The van der Waals surface area contributed by atoms with Crippen molar-refractivity contribution in [3.63, 3.8) is 0 Å². The quantitative estimate of drug-likeness (QED) is 0.931. The molecule has 22 heavy (non-hydrogen) atoms. The molecular weight excluding hydrogens is 276 g/mol. The van der Waals surface area contributed by atoms with Crippen LogP contribution in [0.25, 0.3) is 0 Å². The molecular formula is C17H26N4O. The molecule has 1 aliphatic carbocycles. The maximum atomic E-state index is 12.6. The fourth-order valence-corrected chi connectivity index (χ4v) is 3.66. The van der Waals surface area contributed by atoms with Crippen LogP contribution in [0.1, 0.15) is 45.4 Å². The summed E-state index contributed by atoms with van der Waals surface area (Å²) in [5.41, 5.74) is 0. The molecule has 3 rings (SSSR count). The van der Waals surface area contributed by atoms with Gasteiger partial charge in [0.2, 0.25) is 11.9 Å². The Kier molecular flexibility index (Phi) is 4.90. The molecule has 1 aromatic rings. The topological polar surface area (TPSA) is 58.1 Å². The normalized spacial score (nSPS) is 29.1. The molecule has 1 amide bonds. The van der Waals surface area contributed by atoms with E-state index in [0.717, 1.165) is 38.3 Å². The molecule has 1 saturated carbocycles. The molecule has 2 aliphatic rings. The molecule has 0 unspecified atom stereocenters. The van der Waals surface area contributed by atoms with Gasteiger partial charge in [-0.3, -0.25) is 4.79 Å². The molecule has 1 saturated heterocycles. The van der Waals surface area contributed by atoms with E-state index in [1.807, 2.05) is 6.07 Å². The largest absolute Gasteiger partial charge is 0.353 e. The fourth-order valence-electron chi connectivity index (χ4n) is 3.66. The van der Waals surface area contributed by atoms with E-state index in [1.165, 1.54) is 19.3 Å². The number of carbonyl (C=O) groups excluding carboxylic acids is 1. The number of hydrogen-bond donors (Lipinski definition) is 1. The molecule has 1 N–H and O–H groups in total. The Hall–Kier alpha value is -1.65. The minimum absolute atomic E-state index is 0.0617. The van der Waals surface area contributed by atoms with Gasteiger partial charge in [0, 0.05) is 31.5 Å². The highest BCUT2D eigenvalue weighted by atomic mass is 16.2. The van der Waals surface area contributed by atoms with Gasteiger partial charge in [-0.05, 0) is 37.7 Å². The van der Waals surface area contributed by atoms with Gasteiger partial charge in [0.15, 0.2) is 0 Å². The minimum Gasteiger partial charge on any atom is -0.353 e. The minimum atomic E-state index is 0.0617. The summed E-state index contributed by atoms with van der Waals surface area (Å²) in [6.07, 6.45) is 10.4. The van der Waals surface area contributed by atoms with Crippen LogP contribution in [0.4, 0.5) is 5.95 Å². The summed E-state index contributed by atoms with van der Waals surface area (Å²) < 4.78 is 0. The first-order valence-electron chi connectivity index (χ1n) is 8.56. The predicted molar refractivity (Wildman–Crippen MR) is 86.5 cm³/mol. The van der Waals surface area contributed by atoms with E-state index < -0.39 is 0 Å². The van der Waals surface area contributed by atoms with Crippen molar-refractivity contribution < 1.29 is 4.79 Å². The summed E-state index contributed by atoms with van der Waals surface area (Å²) in [6.45, 7) is 3.93. The van der Waals surface area contributed by atoms with E-state index in [2.05, 4.69) is 27.1 Å². The SMILES string of the molecule is C[C@H]1CCCC[C@@H]1NC(=O)[C@@H]1CCCN(c2ncccn2)C1. The molecule has 2 fully saturated rings. The van der Waals surface area contributed by atoms with Crippen molar-refractivity contribution in [1.82, 2.24) is 15.3 Å². The number of rotatable bonds is 3. The molecule has 0 bridgehead atoms. The van der Waals surface area contributed by atoms with E-state index in [9.17, 15) is 4.79 Å². The van der Waals surface area contributed by atoms with Crippen LogP contribution in [-0.4, -0.2) is 35.0 Å². The Morgan fingerprint density at radius 3 is 2.73 bits per heavy atom. The molecule has 3 atom stereocenters. The van der Waals surface area contributed by atoms with Gasteiger partial charge in [-0.15, -0.1) is 0 Å². The molecule has 1 aliphatic heterocycles. The Bertz CT molecular complexity index is 493. The van der Waals surface area contributed by atoms with Gasteiger partial charge in [0.05, 0.1) is 5.92 Å². The first-order chi connectivity index (χ1) is 10.7. The zero-order valence-corrected chi connectivity index (χ0v) is 13.4. The lowest BCUT2D eigenvalue weighted by molar-refractivity contribution is -0.126. The third kappa shape index (κ3) is 3.57. The molecule has 120 valence electrons. The summed E-state index contributed by atoms with van der Waals surface area (Å²) in [5.74, 6) is 1.63. The third-order valence-electron chi connectivity index (χ3n) is 5.07. The molecule has 0 spiro atoms. The van der Waals surface area contributed by atoms with Crippen molar-refractivity contribution in [2.45, 2.75) is 51.5 Å². The number of nitrogens with one attached hydrogen (secondary N) is 1. The summed E-state index contributed by atoms with van der Waals surface area (Å²) >= 11 is 0. The monoisotopic (exact) mass is 302 g/mol. The second-order valence-corrected chi connectivity index (χ2v) is 6.71. The molecule has 5 nitrogen and oxygen atoms in total. The van der Waals surface area contributed by atoms with Crippen LogP contribution in [0, 0.1) is 11.8 Å². The van der Waals surface area contributed by atoms with Crippen LogP contribution in [0.2, 0.25) is 0 Å².